The van der Waals surface area contributed by atoms with Crippen LogP contribution in [0.3, 0.4) is 0 Å². The van der Waals surface area contributed by atoms with Gasteiger partial charge < -0.3 is 10.0 Å². The van der Waals surface area contributed by atoms with Gasteiger partial charge in [0.25, 0.3) is 0 Å². The highest BCUT2D eigenvalue weighted by molar-refractivity contribution is 7.92. The van der Waals surface area contributed by atoms with Crippen molar-refractivity contribution in [3.05, 3.63) is 29.8 Å². The standard InChI is InChI=1S/C17H24F2N2O4S/c1-11(17(23)20(2)15-6-4-5-7-16(15)22)21(26(3,24)25)12-8-9-13(18)14(19)10-12/h8-11,15-16,22H,4-7H2,1-3H3/t11?,15-,16-/m1/s1. The number of hydrogen-bond acceptors (Lipinski definition) is 4. The fourth-order valence-corrected chi connectivity index (χ4v) is 4.59. The van der Waals surface area contributed by atoms with Crippen LogP contribution in [0.2, 0.25) is 0 Å². The number of nitrogens with zero attached hydrogens (tertiary/aromatic N) is 2. The Labute approximate surface area is 152 Å². The minimum absolute atomic E-state index is 0.134. The third-order valence-corrected chi connectivity index (χ3v) is 6.00. The van der Waals surface area contributed by atoms with Crippen LogP contribution in [0, 0.1) is 11.6 Å². The summed E-state index contributed by atoms with van der Waals surface area (Å²) in [7, 11) is -2.42. The van der Waals surface area contributed by atoms with Gasteiger partial charge in [-0.25, -0.2) is 17.2 Å². The van der Waals surface area contributed by atoms with Crippen LogP contribution in [0.1, 0.15) is 32.6 Å². The number of carbonyl (C=O) groups excluding carboxylic acids is 1. The number of hydrogen-bond donors (Lipinski definition) is 1. The van der Waals surface area contributed by atoms with Crippen LogP contribution in [-0.2, 0) is 14.8 Å². The van der Waals surface area contributed by atoms with Gasteiger partial charge in [-0.15, -0.1) is 0 Å². The normalized spacial score (nSPS) is 21.9. The highest BCUT2D eigenvalue weighted by Gasteiger charge is 2.36. The number of aliphatic hydroxyl groups is 1. The lowest BCUT2D eigenvalue weighted by Crippen LogP contribution is -2.54. The zero-order chi connectivity index (χ0) is 19.6. The molecule has 1 amide bonds. The van der Waals surface area contributed by atoms with Gasteiger partial charge in [-0.1, -0.05) is 12.8 Å². The molecule has 26 heavy (non-hydrogen) atoms. The molecule has 9 heteroatoms. The number of likely N-dealkylation sites (N-methyl/N-ethyl adjacent to an activating group) is 1. The van der Waals surface area contributed by atoms with Crippen LogP contribution in [0.15, 0.2) is 18.2 Å². The SMILES string of the molecule is CC(C(=O)N(C)[C@@H]1CCCC[C@H]1O)N(c1ccc(F)c(F)c1)S(C)(=O)=O. The first-order chi connectivity index (χ1) is 12.0. The fourth-order valence-electron chi connectivity index (χ4n) is 3.43. The largest absolute Gasteiger partial charge is 0.391 e. The molecule has 0 radical (unpaired) electrons. The predicted molar refractivity (Wildman–Crippen MR) is 94.2 cm³/mol. The molecule has 1 aromatic carbocycles. The van der Waals surface area contributed by atoms with Gasteiger partial charge in [0, 0.05) is 13.1 Å². The summed E-state index contributed by atoms with van der Waals surface area (Å²) in [5.41, 5.74) is -0.134. The van der Waals surface area contributed by atoms with Crippen molar-refractivity contribution in [2.75, 3.05) is 17.6 Å². The Morgan fingerprint density at radius 1 is 1.23 bits per heavy atom. The molecule has 3 atom stereocenters. The first-order valence-electron chi connectivity index (χ1n) is 8.43. The Morgan fingerprint density at radius 3 is 2.38 bits per heavy atom. The van der Waals surface area contributed by atoms with Gasteiger partial charge in [0.1, 0.15) is 6.04 Å². The van der Waals surface area contributed by atoms with E-state index in [0.29, 0.717) is 12.8 Å². The Kier molecular flexibility index (Phi) is 6.23. The molecule has 0 aliphatic heterocycles. The van der Waals surface area contributed by atoms with E-state index in [4.69, 9.17) is 0 Å². The molecule has 0 aromatic heterocycles. The maximum atomic E-state index is 13.6. The van der Waals surface area contributed by atoms with Gasteiger partial charge in [-0.2, -0.15) is 0 Å². The van der Waals surface area contributed by atoms with E-state index in [2.05, 4.69) is 0 Å². The molecule has 1 aliphatic rings. The lowest BCUT2D eigenvalue weighted by Gasteiger charge is -2.38. The summed E-state index contributed by atoms with van der Waals surface area (Å²) in [6.07, 6.45) is 3.18. The lowest BCUT2D eigenvalue weighted by molar-refractivity contribution is -0.136. The zero-order valence-corrected chi connectivity index (χ0v) is 15.8. The Bertz CT molecular complexity index is 772. The van der Waals surface area contributed by atoms with Crippen molar-refractivity contribution in [3.63, 3.8) is 0 Å². The summed E-state index contributed by atoms with van der Waals surface area (Å²) >= 11 is 0. The Balaban J connectivity index is 2.32. The number of sulfonamides is 1. The molecule has 0 heterocycles. The average Bonchev–Trinajstić information content (AvgIpc) is 2.56. The lowest BCUT2D eigenvalue weighted by atomic mass is 9.91. The van der Waals surface area contributed by atoms with E-state index in [1.165, 1.54) is 18.9 Å². The molecule has 1 saturated carbocycles. The second-order valence-electron chi connectivity index (χ2n) is 6.70. The fraction of sp³-hybridized carbons (Fsp3) is 0.588. The molecule has 146 valence electrons. The van der Waals surface area contributed by atoms with E-state index in [-0.39, 0.29) is 5.69 Å². The van der Waals surface area contributed by atoms with Gasteiger partial charge in [-0.3, -0.25) is 9.10 Å². The quantitative estimate of drug-likeness (QED) is 0.833. The first-order valence-corrected chi connectivity index (χ1v) is 10.3. The number of carbonyl (C=O) groups is 1. The number of halogens is 2. The molecule has 1 fully saturated rings. The molecule has 1 aromatic rings. The smallest absolute Gasteiger partial charge is 0.246 e. The molecule has 0 bridgehead atoms. The number of rotatable bonds is 5. The van der Waals surface area contributed by atoms with E-state index in [1.54, 1.807) is 0 Å². The summed E-state index contributed by atoms with van der Waals surface area (Å²) in [6.45, 7) is 1.39. The van der Waals surface area contributed by atoms with E-state index >= 15 is 0 Å². The van der Waals surface area contributed by atoms with Gasteiger partial charge in [0.05, 0.1) is 24.1 Å². The average molecular weight is 390 g/mol. The van der Waals surface area contributed by atoms with Crippen LogP contribution in [0.25, 0.3) is 0 Å². The molecule has 0 saturated heterocycles. The molecule has 1 aliphatic carbocycles. The number of anilines is 1. The zero-order valence-electron chi connectivity index (χ0n) is 15.0. The number of aliphatic hydroxyl groups excluding tert-OH is 1. The topological polar surface area (TPSA) is 77.9 Å². The Hall–Kier alpha value is -1.74. The summed E-state index contributed by atoms with van der Waals surface area (Å²) in [5.74, 6) is -2.83. The van der Waals surface area contributed by atoms with Crippen molar-refractivity contribution in [2.24, 2.45) is 0 Å². The van der Waals surface area contributed by atoms with Gasteiger partial charge in [0.15, 0.2) is 11.6 Å². The monoisotopic (exact) mass is 390 g/mol. The highest BCUT2D eigenvalue weighted by atomic mass is 32.2. The second kappa shape index (κ2) is 7.87. The predicted octanol–water partition coefficient (Wildman–Crippen LogP) is 1.88. The van der Waals surface area contributed by atoms with Crippen LogP contribution in [-0.4, -0.2) is 55.8 Å². The third kappa shape index (κ3) is 4.32. The summed E-state index contributed by atoms with van der Waals surface area (Å²) in [4.78, 5) is 14.2. The van der Waals surface area contributed by atoms with E-state index in [0.717, 1.165) is 41.6 Å². The van der Waals surface area contributed by atoms with Gasteiger partial charge in [0.2, 0.25) is 15.9 Å². The van der Waals surface area contributed by atoms with Crippen LogP contribution in [0.4, 0.5) is 14.5 Å². The van der Waals surface area contributed by atoms with Crippen LogP contribution < -0.4 is 4.31 Å². The van der Waals surface area contributed by atoms with Crippen molar-refractivity contribution >= 4 is 21.6 Å². The summed E-state index contributed by atoms with van der Waals surface area (Å²) < 4.78 is 52.0. The molecule has 2 rings (SSSR count). The second-order valence-corrected chi connectivity index (χ2v) is 8.56. The van der Waals surface area contributed by atoms with Gasteiger partial charge in [-0.05, 0) is 31.9 Å². The minimum Gasteiger partial charge on any atom is -0.391 e. The molecule has 6 nitrogen and oxygen atoms in total. The highest BCUT2D eigenvalue weighted by Crippen LogP contribution is 2.26. The van der Waals surface area contributed by atoms with Crippen LogP contribution >= 0.6 is 0 Å². The van der Waals surface area contributed by atoms with Crippen molar-refractivity contribution in [3.8, 4) is 0 Å². The molecular formula is C17H24F2N2O4S. The van der Waals surface area contributed by atoms with Crippen LogP contribution in [0.5, 0.6) is 0 Å². The van der Waals surface area contributed by atoms with Crippen molar-refractivity contribution in [1.29, 1.82) is 0 Å². The Morgan fingerprint density at radius 2 is 1.85 bits per heavy atom. The molecular weight excluding hydrogens is 366 g/mol. The maximum Gasteiger partial charge on any atom is 0.246 e. The van der Waals surface area contributed by atoms with Crippen molar-refractivity contribution < 1.29 is 27.1 Å². The van der Waals surface area contributed by atoms with E-state index in [9.17, 15) is 27.1 Å². The summed E-state index contributed by atoms with van der Waals surface area (Å²) in [5, 5.41) is 10.1. The maximum absolute atomic E-state index is 13.6. The van der Waals surface area contributed by atoms with E-state index < -0.39 is 45.8 Å². The van der Waals surface area contributed by atoms with E-state index in [1.807, 2.05) is 0 Å². The molecule has 0 spiro atoms. The molecule has 1 N–H and O–H groups in total. The van der Waals surface area contributed by atoms with Crippen molar-refractivity contribution in [2.45, 2.75) is 50.8 Å². The van der Waals surface area contributed by atoms with Crippen molar-refractivity contribution in [1.82, 2.24) is 4.90 Å². The first kappa shape index (κ1) is 20.6. The third-order valence-electron chi connectivity index (χ3n) is 4.76. The minimum atomic E-state index is -3.94. The number of amides is 1. The number of benzene rings is 1. The summed E-state index contributed by atoms with van der Waals surface area (Å²) in [6, 6.07) is 1.10. The molecule has 1 unspecified atom stereocenters. The van der Waals surface area contributed by atoms with Gasteiger partial charge >= 0.3 is 0 Å².